The van der Waals surface area contributed by atoms with Gasteiger partial charge in [-0.3, -0.25) is 0 Å². The quantitative estimate of drug-likeness (QED) is 0.664. The van der Waals surface area contributed by atoms with Crippen LogP contribution in [-0.4, -0.2) is 0 Å². The minimum atomic E-state index is 0.0601. The Balaban J connectivity index is 2.44. The van der Waals surface area contributed by atoms with Crippen molar-refractivity contribution in [3.05, 3.63) is 23.2 Å². The van der Waals surface area contributed by atoms with Crippen LogP contribution in [0.3, 0.4) is 0 Å². The summed E-state index contributed by atoms with van der Waals surface area (Å²) in [4.78, 5) is 0. The molecule has 0 saturated heterocycles. The molecule has 1 aromatic heterocycles. The first-order chi connectivity index (χ1) is 6.00. The summed E-state index contributed by atoms with van der Waals surface area (Å²) < 4.78 is 5.63. The number of hydrogen-bond donors (Lipinski definition) is 1. The van der Waals surface area contributed by atoms with E-state index in [9.17, 15) is 0 Å². The normalized spacial score (nSPS) is 25.7. The number of aryl methyl sites for hydroxylation is 2. The predicted molar refractivity (Wildman–Crippen MR) is 52.5 cm³/mol. The second kappa shape index (κ2) is 2.61. The molecule has 2 N–H and O–H groups in total. The Labute approximate surface area is 79.1 Å². The summed E-state index contributed by atoms with van der Waals surface area (Å²) in [5.74, 6) is 1.99. The summed E-state index contributed by atoms with van der Waals surface area (Å²) in [5.41, 5.74) is 7.63. The summed E-state index contributed by atoms with van der Waals surface area (Å²) in [5, 5.41) is 0. The third-order valence-corrected chi connectivity index (χ3v) is 3.13. The fourth-order valence-corrected chi connectivity index (χ4v) is 2.01. The van der Waals surface area contributed by atoms with Gasteiger partial charge in [0.05, 0.1) is 6.04 Å². The highest BCUT2D eigenvalue weighted by Gasteiger charge is 2.35. The molecule has 13 heavy (non-hydrogen) atoms. The zero-order valence-electron chi connectivity index (χ0n) is 8.55. The van der Waals surface area contributed by atoms with Gasteiger partial charge < -0.3 is 10.2 Å². The molecule has 72 valence electrons. The van der Waals surface area contributed by atoms with Crippen molar-refractivity contribution in [2.45, 2.75) is 39.7 Å². The first-order valence-electron chi connectivity index (χ1n) is 4.85. The highest BCUT2D eigenvalue weighted by Crippen LogP contribution is 2.42. The molecule has 2 rings (SSSR count). The van der Waals surface area contributed by atoms with Gasteiger partial charge in [0.15, 0.2) is 0 Å². The van der Waals surface area contributed by atoms with E-state index in [1.807, 2.05) is 6.92 Å². The van der Waals surface area contributed by atoms with E-state index in [1.54, 1.807) is 0 Å². The molecule has 1 aliphatic carbocycles. The Bertz CT molecular complexity index is 325. The monoisotopic (exact) mass is 179 g/mol. The molecule has 1 unspecified atom stereocenters. The zero-order valence-corrected chi connectivity index (χ0v) is 8.55. The van der Waals surface area contributed by atoms with E-state index in [0.717, 1.165) is 24.4 Å². The molecule has 0 amide bonds. The lowest BCUT2D eigenvalue weighted by molar-refractivity contribution is 0.217. The summed E-state index contributed by atoms with van der Waals surface area (Å²) in [6.07, 6.45) is 2.26. The van der Waals surface area contributed by atoms with Crippen LogP contribution in [0.15, 0.2) is 10.5 Å². The van der Waals surface area contributed by atoms with Crippen molar-refractivity contribution in [1.29, 1.82) is 0 Å². The third-order valence-electron chi connectivity index (χ3n) is 3.13. The molecule has 0 spiro atoms. The van der Waals surface area contributed by atoms with Crippen LogP contribution in [-0.2, 0) is 6.42 Å². The second-order valence-electron chi connectivity index (χ2n) is 4.71. The van der Waals surface area contributed by atoms with E-state index in [1.165, 1.54) is 5.56 Å². The molecule has 1 heterocycles. The maximum atomic E-state index is 6.14. The topological polar surface area (TPSA) is 39.2 Å². The molecular weight excluding hydrogens is 162 g/mol. The van der Waals surface area contributed by atoms with E-state index in [0.29, 0.717) is 0 Å². The first kappa shape index (κ1) is 8.82. The smallest absolute Gasteiger partial charge is 0.124 e. The maximum Gasteiger partial charge on any atom is 0.124 e. The molecule has 0 aliphatic heterocycles. The summed E-state index contributed by atoms with van der Waals surface area (Å²) in [7, 11) is 0. The average Bonchev–Trinajstić information content (AvgIpc) is 2.40. The number of furan rings is 1. The van der Waals surface area contributed by atoms with Crippen molar-refractivity contribution in [2.75, 3.05) is 0 Å². The SMILES string of the molecule is Cc1cc2c(o1)C(N)C(C)(C)CC2. The van der Waals surface area contributed by atoms with Crippen molar-refractivity contribution < 1.29 is 4.42 Å². The Morgan fingerprint density at radius 3 is 2.92 bits per heavy atom. The number of fused-ring (bicyclic) bond motifs is 1. The van der Waals surface area contributed by atoms with Gasteiger partial charge in [-0.1, -0.05) is 13.8 Å². The summed E-state index contributed by atoms with van der Waals surface area (Å²) >= 11 is 0. The Kier molecular flexibility index (Phi) is 1.77. The van der Waals surface area contributed by atoms with E-state index in [4.69, 9.17) is 10.2 Å². The van der Waals surface area contributed by atoms with Crippen molar-refractivity contribution in [3.8, 4) is 0 Å². The highest BCUT2D eigenvalue weighted by atomic mass is 16.3. The molecule has 0 bridgehead atoms. The van der Waals surface area contributed by atoms with Gasteiger partial charge in [-0.2, -0.15) is 0 Å². The molecule has 2 heteroatoms. The number of hydrogen-bond acceptors (Lipinski definition) is 2. The molecule has 1 aliphatic rings. The van der Waals surface area contributed by atoms with E-state index in [2.05, 4.69) is 19.9 Å². The standard InChI is InChI=1S/C11H17NO/c1-7-6-8-4-5-11(2,3)10(12)9(8)13-7/h6,10H,4-5,12H2,1-3H3. The summed E-state index contributed by atoms with van der Waals surface area (Å²) in [6, 6.07) is 2.18. The predicted octanol–water partition coefficient (Wildman–Crippen LogP) is 2.56. The van der Waals surface area contributed by atoms with Gasteiger partial charge in [-0.05, 0) is 36.8 Å². The second-order valence-corrected chi connectivity index (χ2v) is 4.71. The largest absolute Gasteiger partial charge is 0.464 e. The van der Waals surface area contributed by atoms with Crippen LogP contribution >= 0.6 is 0 Å². The molecular formula is C11H17NO. The van der Waals surface area contributed by atoms with Gasteiger partial charge in [-0.15, -0.1) is 0 Å². The highest BCUT2D eigenvalue weighted by molar-refractivity contribution is 5.28. The van der Waals surface area contributed by atoms with Gasteiger partial charge >= 0.3 is 0 Å². The first-order valence-corrected chi connectivity index (χ1v) is 4.85. The van der Waals surface area contributed by atoms with Crippen LogP contribution in [0.2, 0.25) is 0 Å². The molecule has 0 fully saturated rings. The Morgan fingerprint density at radius 2 is 2.23 bits per heavy atom. The lowest BCUT2D eigenvalue weighted by Crippen LogP contribution is -2.33. The minimum Gasteiger partial charge on any atom is -0.464 e. The molecule has 0 aromatic carbocycles. The molecule has 2 nitrogen and oxygen atoms in total. The molecule has 0 saturated carbocycles. The van der Waals surface area contributed by atoms with Gasteiger partial charge in [0.25, 0.3) is 0 Å². The van der Waals surface area contributed by atoms with Crippen LogP contribution in [0.4, 0.5) is 0 Å². The Morgan fingerprint density at radius 1 is 1.54 bits per heavy atom. The lowest BCUT2D eigenvalue weighted by atomic mass is 9.74. The van der Waals surface area contributed by atoms with E-state index >= 15 is 0 Å². The molecule has 1 atom stereocenters. The van der Waals surface area contributed by atoms with E-state index < -0.39 is 0 Å². The van der Waals surface area contributed by atoms with E-state index in [-0.39, 0.29) is 11.5 Å². The fourth-order valence-electron chi connectivity index (χ4n) is 2.01. The minimum absolute atomic E-state index is 0.0601. The van der Waals surface area contributed by atoms with Gasteiger partial charge in [-0.25, -0.2) is 0 Å². The Hall–Kier alpha value is -0.760. The lowest BCUT2D eigenvalue weighted by Gasteiger charge is -2.34. The number of rotatable bonds is 0. The maximum absolute atomic E-state index is 6.14. The third kappa shape index (κ3) is 1.29. The zero-order chi connectivity index (χ0) is 9.64. The van der Waals surface area contributed by atoms with Crippen molar-refractivity contribution in [1.82, 2.24) is 0 Å². The van der Waals surface area contributed by atoms with Crippen LogP contribution in [0.1, 0.15) is 43.4 Å². The van der Waals surface area contributed by atoms with Crippen molar-refractivity contribution in [3.63, 3.8) is 0 Å². The average molecular weight is 179 g/mol. The van der Waals surface area contributed by atoms with Crippen LogP contribution in [0.5, 0.6) is 0 Å². The van der Waals surface area contributed by atoms with Crippen LogP contribution in [0.25, 0.3) is 0 Å². The molecule has 0 radical (unpaired) electrons. The van der Waals surface area contributed by atoms with Gasteiger partial charge in [0.1, 0.15) is 11.5 Å². The fraction of sp³-hybridized carbons (Fsp3) is 0.636. The summed E-state index contributed by atoms with van der Waals surface area (Å²) in [6.45, 7) is 6.40. The molecule has 1 aromatic rings. The van der Waals surface area contributed by atoms with Crippen molar-refractivity contribution >= 4 is 0 Å². The van der Waals surface area contributed by atoms with Gasteiger partial charge in [0.2, 0.25) is 0 Å². The van der Waals surface area contributed by atoms with Crippen molar-refractivity contribution in [2.24, 2.45) is 11.1 Å². The number of nitrogens with two attached hydrogens (primary N) is 1. The van der Waals surface area contributed by atoms with Gasteiger partial charge in [0, 0.05) is 0 Å². The van der Waals surface area contributed by atoms with Crippen LogP contribution < -0.4 is 5.73 Å². The van der Waals surface area contributed by atoms with Crippen LogP contribution in [0, 0.1) is 12.3 Å².